The summed E-state index contributed by atoms with van der Waals surface area (Å²) in [6.45, 7) is 0. The molecule has 0 saturated heterocycles. The monoisotopic (exact) mass is 93.1 g/mol. The van der Waals surface area contributed by atoms with E-state index in [1.807, 2.05) is 24.5 Å². The molecule has 1 aromatic heterocycles. The molecule has 0 aliphatic heterocycles. The predicted octanol–water partition coefficient (Wildman–Crippen LogP) is 1.26. The minimum Gasteiger partial charge on any atom is -0.368 e. The van der Waals surface area contributed by atoms with Crippen LogP contribution in [0.4, 0.5) is 0 Å². The Morgan fingerprint density at radius 2 is 1.43 bits per heavy atom. The number of H-pyrrole nitrogens is 1. The highest BCUT2D eigenvalue weighted by molar-refractivity contribution is 4.84. The second-order valence-corrected chi connectivity index (χ2v) is 0.885. The lowest BCUT2D eigenvalue weighted by atomic mass is 10.7. The van der Waals surface area contributed by atoms with Crippen LogP contribution in [0.2, 0.25) is 0 Å². The zero-order chi connectivity index (χ0) is 5.54. The van der Waals surface area contributed by atoms with Gasteiger partial charge >= 0.3 is 0 Å². The zero-order valence-electron chi connectivity index (χ0n) is 3.96. The molecule has 0 fully saturated rings. The quantitative estimate of drug-likeness (QED) is 0.465. The second-order valence-electron chi connectivity index (χ2n) is 0.885. The Morgan fingerprint density at radius 3 is 1.57 bits per heavy atom. The number of hydrogen-bond donors (Lipinski definition) is 1. The molecular weight excluding hydrogens is 86.1 g/mol. The first-order valence-electron chi connectivity index (χ1n) is 1.91. The Balaban J connectivity index is 0.000000162. The molecule has 36 valence electrons. The molecule has 0 bridgehead atoms. The first-order chi connectivity index (χ1) is 3.50. The molecule has 0 aliphatic rings. The topological polar surface area (TPSA) is 15.8 Å². The van der Waals surface area contributed by atoms with Gasteiger partial charge in [-0.2, -0.15) is 0 Å². The molecule has 1 aromatic rings. The van der Waals surface area contributed by atoms with E-state index in [1.165, 1.54) is 0 Å². The molecule has 0 atom stereocenters. The average Bonchev–Trinajstić information content (AvgIpc) is 2.23. The molecule has 0 unspecified atom stereocenters. The number of nitrogens with one attached hydrogen (secondary N) is 1. The van der Waals surface area contributed by atoms with Crippen LogP contribution in [0.15, 0.2) is 24.5 Å². The summed E-state index contributed by atoms with van der Waals surface area (Å²) in [7, 11) is 0. The highest BCUT2D eigenvalue weighted by Gasteiger charge is 1.55. The van der Waals surface area contributed by atoms with Crippen molar-refractivity contribution >= 4 is 0 Å². The standard InChI is InChI=1S/C4H5N.C2H2/c1-2-4-5-3-1;1-2/h1-5H;1-2H. The summed E-state index contributed by atoms with van der Waals surface area (Å²) in [5, 5.41) is 0. The van der Waals surface area contributed by atoms with Crippen LogP contribution >= 0.6 is 0 Å². The van der Waals surface area contributed by atoms with Crippen LogP contribution < -0.4 is 0 Å². The summed E-state index contributed by atoms with van der Waals surface area (Å²) >= 11 is 0. The molecular formula is C6H7N. The molecule has 0 spiro atoms. The van der Waals surface area contributed by atoms with E-state index in [1.54, 1.807) is 0 Å². The van der Waals surface area contributed by atoms with E-state index in [0.29, 0.717) is 0 Å². The zero-order valence-corrected chi connectivity index (χ0v) is 3.96. The third kappa shape index (κ3) is 2.65. The largest absolute Gasteiger partial charge is 0.368 e. The molecule has 0 aliphatic carbocycles. The van der Waals surface area contributed by atoms with Crippen molar-refractivity contribution in [2.75, 3.05) is 0 Å². The van der Waals surface area contributed by atoms with Crippen molar-refractivity contribution in [1.29, 1.82) is 0 Å². The molecule has 1 heteroatoms. The van der Waals surface area contributed by atoms with E-state index in [4.69, 9.17) is 0 Å². The molecule has 0 saturated carbocycles. The lowest BCUT2D eigenvalue weighted by molar-refractivity contribution is 1.42. The third-order valence-electron chi connectivity index (χ3n) is 0.496. The van der Waals surface area contributed by atoms with E-state index in [2.05, 4.69) is 17.8 Å². The normalized spacial score (nSPS) is 6.00. The lowest BCUT2D eigenvalue weighted by Gasteiger charge is -1.49. The Morgan fingerprint density at radius 1 is 1.00 bits per heavy atom. The summed E-state index contributed by atoms with van der Waals surface area (Å²) in [5.74, 6) is 0. The number of aromatic nitrogens is 1. The van der Waals surface area contributed by atoms with Crippen molar-refractivity contribution in [2.24, 2.45) is 0 Å². The van der Waals surface area contributed by atoms with Gasteiger partial charge in [-0.05, 0) is 12.1 Å². The molecule has 1 N–H and O–H groups in total. The Bertz CT molecular complexity index is 87.8. The summed E-state index contributed by atoms with van der Waals surface area (Å²) in [6.07, 6.45) is 11.8. The molecule has 7 heavy (non-hydrogen) atoms. The molecule has 0 amide bonds. The fourth-order valence-corrected chi connectivity index (χ4v) is 0.278. The first kappa shape index (κ1) is 5.84. The van der Waals surface area contributed by atoms with Crippen molar-refractivity contribution in [2.45, 2.75) is 0 Å². The fourth-order valence-electron chi connectivity index (χ4n) is 0.278. The molecule has 1 rings (SSSR count). The Labute approximate surface area is 43.4 Å². The Hall–Kier alpha value is -1.16. The van der Waals surface area contributed by atoms with E-state index < -0.39 is 0 Å². The van der Waals surface area contributed by atoms with Gasteiger partial charge in [0.25, 0.3) is 0 Å². The first-order valence-corrected chi connectivity index (χ1v) is 1.91. The highest BCUT2D eigenvalue weighted by Crippen LogP contribution is 1.72. The van der Waals surface area contributed by atoms with Crippen LogP contribution in [-0.4, -0.2) is 4.98 Å². The molecule has 0 aromatic carbocycles. The van der Waals surface area contributed by atoms with E-state index >= 15 is 0 Å². The van der Waals surface area contributed by atoms with E-state index in [0.717, 1.165) is 0 Å². The van der Waals surface area contributed by atoms with Crippen LogP contribution in [0, 0.1) is 12.8 Å². The van der Waals surface area contributed by atoms with E-state index in [9.17, 15) is 0 Å². The van der Waals surface area contributed by atoms with Gasteiger partial charge in [0, 0.05) is 12.4 Å². The van der Waals surface area contributed by atoms with Crippen molar-refractivity contribution in [3.05, 3.63) is 24.5 Å². The molecule has 1 heterocycles. The number of rotatable bonds is 0. The van der Waals surface area contributed by atoms with Gasteiger partial charge in [-0.25, -0.2) is 0 Å². The predicted molar refractivity (Wildman–Crippen MR) is 30.7 cm³/mol. The van der Waals surface area contributed by atoms with Gasteiger partial charge in [-0.1, -0.05) is 0 Å². The number of aromatic amines is 1. The Kier molecular flexibility index (Phi) is 4.04. The fraction of sp³-hybridized carbons (Fsp3) is 0. The maximum absolute atomic E-state index is 4.00. The highest BCUT2D eigenvalue weighted by atomic mass is 14.6. The number of hydrogen-bond acceptors (Lipinski definition) is 0. The van der Waals surface area contributed by atoms with Gasteiger partial charge in [0.2, 0.25) is 0 Å². The van der Waals surface area contributed by atoms with Crippen molar-refractivity contribution in [3.63, 3.8) is 0 Å². The van der Waals surface area contributed by atoms with Gasteiger partial charge in [0.15, 0.2) is 0 Å². The lowest BCUT2D eigenvalue weighted by Crippen LogP contribution is -1.38. The summed E-state index contributed by atoms with van der Waals surface area (Å²) in [6, 6.07) is 3.89. The smallest absolute Gasteiger partial charge is 0.000496 e. The third-order valence-corrected chi connectivity index (χ3v) is 0.496. The van der Waals surface area contributed by atoms with Gasteiger partial charge in [0.1, 0.15) is 0 Å². The average molecular weight is 93.1 g/mol. The second kappa shape index (κ2) is 4.84. The SMILES string of the molecule is C#C.c1cc[nH]c1. The number of terminal acetylenes is 1. The van der Waals surface area contributed by atoms with Gasteiger partial charge in [-0.3, -0.25) is 0 Å². The van der Waals surface area contributed by atoms with Crippen LogP contribution in [-0.2, 0) is 0 Å². The molecule has 1 nitrogen and oxygen atoms in total. The van der Waals surface area contributed by atoms with E-state index in [-0.39, 0.29) is 0 Å². The minimum atomic E-state index is 1.88. The van der Waals surface area contributed by atoms with Crippen LogP contribution in [0.1, 0.15) is 0 Å². The maximum Gasteiger partial charge on any atom is 0.000496 e. The van der Waals surface area contributed by atoms with Gasteiger partial charge in [0.05, 0.1) is 0 Å². The molecule has 0 radical (unpaired) electrons. The van der Waals surface area contributed by atoms with Crippen molar-refractivity contribution in [1.82, 2.24) is 4.98 Å². The van der Waals surface area contributed by atoms with Gasteiger partial charge in [-0.15, -0.1) is 12.8 Å². The maximum atomic E-state index is 4.00. The van der Waals surface area contributed by atoms with Crippen molar-refractivity contribution in [3.8, 4) is 12.8 Å². The van der Waals surface area contributed by atoms with Crippen LogP contribution in [0.5, 0.6) is 0 Å². The summed E-state index contributed by atoms with van der Waals surface area (Å²) in [5.41, 5.74) is 0. The summed E-state index contributed by atoms with van der Waals surface area (Å²) < 4.78 is 0. The van der Waals surface area contributed by atoms with Crippen molar-refractivity contribution < 1.29 is 0 Å². The van der Waals surface area contributed by atoms with Crippen LogP contribution in [0.3, 0.4) is 0 Å². The van der Waals surface area contributed by atoms with Crippen LogP contribution in [0.25, 0.3) is 0 Å². The minimum absolute atomic E-state index is 1.88. The summed E-state index contributed by atoms with van der Waals surface area (Å²) in [4.78, 5) is 2.86. The van der Waals surface area contributed by atoms with Gasteiger partial charge < -0.3 is 4.98 Å².